The normalized spacial score (nSPS) is 11.9. The number of carboxylic acids is 1. The van der Waals surface area contributed by atoms with Gasteiger partial charge in [-0.05, 0) is 50.8 Å². The van der Waals surface area contributed by atoms with Gasteiger partial charge in [-0.15, -0.1) is 0 Å². The molecule has 0 saturated carbocycles. The van der Waals surface area contributed by atoms with E-state index < -0.39 is 18.6 Å². The molecule has 5 rings (SSSR count). The molecule has 0 fully saturated rings. The van der Waals surface area contributed by atoms with Gasteiger partial charge in [0.15, 0.2) is 0 Å². The summed E-state index contributed by atoms with van der Waals surface area (Å²) in [6.07, 6.45) is 0. The van der Waals surface area contributed by atoms with E-state index in [0.29, 0.717) is 22.1 Å². The predicted molar refractivity (Wildman–Crippen MR) is 162 cm³/mol. The van der Waals surface area contributed by atoms with E-state index in [9.17, 15) is 15.0 Å². The van der Waals surface area contributed by atoms with Gasteiger partial charge in [0.05, 0.1) is 23.4 Å². The number of hydrogen-bond acceptors (Lipinski definition) is 8. The number of fused-ring (bicyclic) bond motifs is 1. The van der Waals surface area contributed by atoms with Gasteiger partial charge >= 0.3 is 5.97 Å². The highest BCUT2D eigenvalue weighted by atomic mass is 79.9. The minimum absolute atomic E-state index is 0.104. The number of carbonyl (C=O) groups is 1. The van der Waals surface area contributed by atoms with Gasteiger partial charge in [0.1, 0.15) is 41.8 Å². The Hall–Kier alpha value is -3.54. The number of ether oxygens (including phenoxy) is 2. The molecular weight excluding hydrogens is 630 g/mol. The first-order valence-electron chi connectivity index (χ1n) is 12.6. The number of aliphatic carboxylic acids is 1. The van der Waals surface area contributed by atoms with Crippen molar-refractivity contribution in [2.24, 2.45) is 0 Å². The lowest BCUT2D eigenvalue weighted by atomic mass is 10.0. The molecule has 0 saturated heterocycles. The Balaban J connectivity index is 1.38. The number of nitrogens with one attached hydrogen (secondary N) is 1. The quantitative estimate of drug-likeness (QED) is 0.140. The highest BCUT2D eigenvalue weighted by Gasteiger charge is 2.18. The molecular formula is C30H25BrClN3O5S. The van der Waals surface area contributed by atoms with Crippen molar-refractivity contribution < 1.29 is 24.5 Å². The summed E-state index contributed by atoms with van der Waals surface area (Å²) in [5.41, 5.74) is 6.18. The van der Waals surface area contributed by atoms with E-state index in [1.807, 2.05) is 66.7 Å². The SMILES string of the molecule is O=C(O)[C@@H](CO)NCc1cc(Cl)c(OCc2cccc(-c3ccccc3)c2Br)cc1OCc1ccc2nsnc2c1. The number of aliphatic hydroxyl groups excluding tert-OH is 1. The molecule has 1 aromatic heterocycles. The van der Waals surface area contributed by atoms with Crippen molar-refractivity contribution in [3.63, 3.8) is 0 Å². The summed E-state index contributed by atoms with van der Waals surface area (Å²) in [6, 6.07) is 24.0. The van der Waals surface area contributed by atoms with Crippen LogP contribution in [-0.4, -0.2) is 37.6 Å². The fraction of sp³-hybridized carbons (Fsp3) is 0.167. The van der Waals surface area contributed by atoms with E-state index in [4.69, 9.17) is 21.1 Å². The van der Waals surface area contributed by atoms with Crippen LogP contribution in [0.15, 0.2) is 83.3 Å². The molecule has 0 spiro atoms. The van der Waals surface area contributed by atoms with E-state index in [2.05, 4.69) is 30.0 Å². The van der Waals surface area contributed by atoms with Crippen LogP contribution in [0.5, 0.6) is 11.5 Å². The molecule has 210 valence electrons. The number of aliphatic hydroxyl groups is 1. The molecule has 0 bridgehead atoms. The van der Waals surface area contributed by atoms with Gasteiger partial charge in [-0.1, -0.05) is 66.2 Å². The van der Waals surface area contributed by atoms with E-state index in [0.717, 1.165) is 49.5 Å². The Labute approximate surface area is 254 Å². The van der Waals surface area contributed by atoms with E-state index in [-0.39, 0.29) is 19.8 Å². The van der Waals surface area contributed by atoms with Crippen molar-refractivity contribution in [1.82, 2.24) is 14.1 Å². The lowest BCUT2D eigenvalue weighted by Crippen LogP contribution is -2.39. The van der Waals surface area contributed by atoms with Gasteiger partial charge in [0.25, 0.3) is 0 Å². The largest absolute Gasteiger partial charge is 0.488 e. The summed E-state index contributed by atoms with van der Waals surface area (Å²) in [6.45, 7) is 0.0251. The lowest BCUT2D eigenvalue weighted by Gasteiger charge is -2.18. The molecule has 0 unspecified atom stereocenters. The van der Waals surface area contributed by atoms with Crippen LogP contribution >= 0.6 is 39.3 Å². The first kappa shape index (κ1) is 29.0. The third-order valence-corrected chi connectivity index (χ3v) is 8.18. The third kappa shape index (κ3) is 7.03. The van der Waals surface area contributed by atoms with Crippen molar-refractivity contribution in [3.05, 3.63) is 105 Å². The average molecular weight is 655 g/mol. The second-order valence-electron chi connectivity index (χ2n) is 9.15. The Morgan fingerprint density at radius 3 is 2.49 bits per heavy atom. The van der Waals surface area contributed by atoms with Crippen LogP contribution < -0.4 is 14.8 Å². The van der Waals surface area contributed by atoms with Gasteiger partial charge in [-0.25, -0.2) is 0 Å². The molecule has 1 heterocycles. The highest BCUT2D eigenvalue weighted by Crippen LogP contribution is 2.36. The monoisotopic (exact) mass is 653 g/mol. The zero-order valence-electron chi connectivity index (χ0n) is 21.6. The van der Waals surface area contributed by atoms with Gasteiger partial charge in [-0.3, -0.25) is 10.1 Å². The van der Waals surface area contributed by atoms with Crippen molar-refractivity contribution in [2.45, 2.75) is 25.8 Å². The number of carboxylic acid groups (broad SMARTS) is 1. The van der Waals surface area contributed by atoms with E-state index >= 15 is 0 Å². The number of benzene rings is 4. The molecule has 0 radical (unpaired) electrons. The molecule has 11 heteroatoms. The van der Waals surface area contributed by atoms with Crippen LogP contribution in [0.1, 0.15) is 16.7 Å². The maximum Gasteiger partial charge on any atom is 0.323 e. The summed E-state index contributed by atoms with van der Waals surface area (Å²) in [7, 11) is 0. The minimum Gasteiger partial charge on any atom is -0.488 e. The lowest BCUT2D eigenvalue weighted by molar-refractivity contribution is -0.140. The van der Waals surface area contributed by atoms with E-state index in [1.165, 1.54) is 0 Å². The standard InChI is InChI=1S/C30H25BrClN3O5S/c31-29-20(7-4-8-22(29)19-5-2-1-3-6-19)17-40-28-13-27(21(12-23(28)32)14-33-26(15-36)30(37)38)39-16-18-9-10-24-25(11-18)35-41-34-24/h1-13,26,33,36H,14-17H2,(H,37,38)/t26-/m1/s1. The average Bonchev–Trinajstić information content (AvgIpc) is 3.45. The summed E-state index contributed by atoms with van der Waals surface area (Å²) >= 11 is 11.5. The fourth-order valence-electron chi connectivity index (χ4n) is 4.19. The highest BCUT2D eigenvalue weighted by molar-refractivity contribution is 9.10. The molecule has 0 aliphatic rings. The molecule has 8 nitrogen and oxygen atoms in total. The van der Waals surface area contributed by atoms with Gasteiger partial charge < -0.3 is 19.7 Å². The molecule has 5 aromatic rings. The van der Waals surface area contributed by atoms with Crippen LogP contribution in [0.4, 0.5) is 0 Å². The molecule has 1 atom stereocenters. The van der Waals surface area contributed by atoms with E-state index in [1.54, 1.807) is 12.1 Å². The first-order chi connectivity index (χ1) is 19.9. The van der Waals surface area contributed by atoms with Gasteiger partial charge in [0.2, 0.25) is 0 Å². The Kier molecular flexibility index (Phi) is 9.48. The Morgan fingerprint density at radius 2 is 1.71 bits per heavy atom. The van der Waals surface area contributed by atoms with Crippen molar-refractivity contribution in [3.8, 4) is 22.6 Å². The Bertz CT molecular complexity index is 1670. The maximum absolute atomic E-state index is 11.4. The fourth-order valence-corrected chi connectivity index (χ4v) is 5.55. The summed E-state index contributed by atoms with van der Waals surface area (Å²) in [5, 5.41) is 21.9. The zero-order valence-corrected chi connectivity index (χ0v) is 24.7. The Morgan fingerprint density at radius 1 is 0.927 bits per heavy atom. The third-order valence-electron chi connectivity index (χ3n) is 6.39. The number of halogens is 2. The topological polar surface area (TPSA) is 114 Å². The molecule has 3 N–H and O–H groups in total. The number of nitrogens with zero attached hydrogens (tertiary/aromatic N) is 2. The summed E-state index contributed by atoms with van der Waals surface area (Å²) in [5.74, 6) is -0.277. The maximum atomic E-state index is 11.4. The van der Waals surface area contributed by atoms with Gasteiger partial charge in [0, 0.05) is 28.2 Å². The molecule has 41 heavy (non-hydrogen) atoms. The molecule has 4 aromatic carbocycles. The van der Waals surface area contributed by atoms with Crippen LogP contribution in [0, 0.1) is 0 Å². The van der Waals surface area contributed by atoms with Crippen molar-refractivity contribution in [1.29, 1.82) is 0 Å². The van der Waals surface area contributed by atoms with Crippen LogP contribution in [0.25, 0.3) is 22.2 Å². The zero-order chi connectivity index (χ0) is 28.8. The summed E-state index contributed by atoms with van der Waals surface area (Å²) < 4.78 is 21.8. The number of hydrogen-bond donors (Lipinski definition) is 3. The van der Waals surface area contributed by atoms with Crippen LogP contribution in [-0.2, 0) is 24.6 Å². The second-order valence-corrected chi connectivity index (χ2v) is 10.9. The minimum atomic E-state index is -1.16. The van der Waals surface area contributed by atoms with Crippen molar-refractivity contribution >= 4 is 56.3 Å². The van der Waals surface area contributed by atoms with Gasteiger partial charge in [-0.2, -0.15) is 8.75 Å². The molecule has 0 aliphatic carbocycles. The van der Waals surface area contributed by atoms with Crippen LogP contribution in [0.3, 0.4) is 0 Å². The second kappa shape index (κ2) is 13.4. The number of aromatic nitrogens is 2. The van der Waals surface area contributed by atoms with Crippen LogP contribution in [0.2, 0.25) is 5.02 Å². The summed E-state index contributed by atoms with van der Waals surface area (Å²) in [4.78, 5) is 11.4. The smallest absolute Gasteiger partial charge is 0.323 e. The predicted octanol–water partition coefficient (Wildman–Crippen LogP) is 6.47. The molecule has 0 amide bonds. The molecule has 0 aliphatic heterocycles. The van der Waals surface area contributed by atoms with Crippen molar-refractivity contribution in [2.75, 3.05) is 6.61 Å². The first-order valence-corrected chi connectivity index (χ1v) is 14.5. The number of rotatable bonds is 12.